The van der Waals surface area contributed by atoms with Crippen LogP contribution in [0.2, 0.25) is 0 Å². The van der Waals surface area contributed by atoms with E-state index in [1.165, 1.54) is 12.4 Å². The van der Waals surface area contributed by atoms with Crippen LogP contribution in [0.4, 0.5) is 4.39 Å². The van der Waals surface area contributed by atoms with E-state index in [9.17, 15) is 4.39 Å². The Bertz CT molecular complexity index is 463. The number of aliphatic hydroxyl groups is 1. The highest BCUT2D eigenvalue weighted by atomic mass is 19.1. The Morgan fingerprint density at radius 2 is 1.79 bits per heavy atom. The third-order valence-electron chi connectivity index (χ3n) is 3.87. The van der Waals surface area contributed by atoms with Crippen LogP contribution in [0.25, 0.3) is 0 Å². The second-order valence-corrected chi connectivity index (χ2v) is 5.76. The van der Waals surface area contributed by atoms with E-state index in [4.69, 9.17) is 14.4 Å². The molecular formula is C13H19BFNO3. The van der Waals surface area contributed by atoms with Crippen LogP contribution in [0.15, 0.2) is 12.4 Å². The fourth-order valence-electron chi connectivity index (χ4n) is 1.94. The Kier molecular flexibility index (Phi) is 3.68. The van der Waals surface area contributed by atoms with Crippen LogP contribution in [0.1, 0.15) is 33.3 Å². The van der Waals surface area contributed by atoms with Gasteiger partial charge in [-0.1, -0.05) is 0 Å². The molecule has 0 aliphatic carbocycles. The molecule has 0 unspecified atom stereocenters. The van der Waals surface area contributed by atoms with Crippen molar-refractivity contribution in [2.24, 2.45) is 0 Å². The van der Waals surface area contributed by atoms with Crippen LogP contribution >= 0.6 is 0 Å². The average molecular weight is 267 g/mol. The minimum atomic E-state index is -0.767. The van der Waals surface area contributed by atoms with Gasteiger partial charge in [-0.3, -0.25) is 4.98 Å². The first kappa shape index (κ1) is 14.4. The fraction of sp³-hybridized carbons (Fsp3) is 0.615. The molecule has 0 bridgehead atoms. The Hall–Kier alpha value is -0.975. The molecule has 2 rings (SSSR count). The predicted octanol–water partition coefficient (Wildman–Crippen LogP) is 1.05. The minimum absolute atomic E-state index is 0.120. The second-order valence-electron chi connectivity index (χ2n) is 5.76. The lowest BCUT2D eigenvalue weighted by Gasteiger charge is -2.32. The average Bonchev–Trinajstić information content (AvgIpc) is 2.51. The topological polar surface area (TPSA) is 51.6 Å². The maximum Gasteiger partial charge on any atom is 0.499 e. The molecule has 1 fully saturated rings. The summed E-state index contributed by atoms with van der Waals surface area (Å²) in [6, 6.07) is 0. The van der Waals surface area contributed by atoms with Crippen molar-refractivity contribution < 1.29 is 18.8 Å². The number of nitrogens with zero attached hydrogens (tertiary/aromatic N) is 1. The van der Waals surface area contributed by atoms with Crippen molar-refractivity contribution in [1.82, 2.24) is 4.98 Å². The summed E-state index contributed by atoms with van der Waals surface area (Å²) in [4.78, 5) is 3.99. The summed E-state index contributed by atoms with van der Waals surface area (Å²) in [5.74, 6) is -0.414. The molecule has 6 heteroatoms. The second kappa shape index (κ2) is 4.85. The molecule has 0 spiro atoms. The molecule has 0 saturated carbocycles. The quantitative estimate of drug-likeness (QED) is 0.832. The SMILES string of the molecule is CC1(C)OB(c2cncc(CCO)c2F)OC1(C)C. The van der Waals surface area contributed by atoms with Crippen LogP contribution < -0.4 is 5.46 Å². The van der Waals surface area contributed by atoms with Gasteiger partial charge in [0.05, 0.1) is 11.2 Å². The number of aliphatic hydroxyl groups excluding tert-OH is 1. The van der Waals surface area contributed by atoms with E-state index in [2.05, 4.69) is 4.98 Å². The van der Waals surface area contributed by atoms with Crippen molar-refractivity contribution in [3.8, 4) is 0 Å². The molecular weight excluding hydrogens is 248 g/mol. The highest BCUT2D eigenvalue weighted by molar-refractivity contribution is 6.62. The third kappa shape index (κ3) is 2.52. The first-order valence-corrected chi connectivity index (χ1v) is 6.37. The highest BCUT2D eigenvalue weighted by Crippen LogP contribution is 2.36. The Morgan fingerprint density at radius 3 is 2.32 bits per heavy atom. The molecule has 104 valence electrons. The summed E-state index contributed by atoms with van der Waals surface area (Å²) in [5.41, 5.74) is -0.381. The summed E-state index contributed by atoms with van der Waals surface area (Å²) in [6.45, 7) is 7.53. The lowest BCUT2D eigenvalue weighted by molar-refractivity contribution is 0.00578. The van der Waals surface area contributed by atoms with E-state index in [0.717, 1.165) is 0 Å². The summed E-state index contributed by atoms with van der Waals surface area (Å²) in [6.07, 6.45) is 3.06. The van der Waals surface area contributed by atoms with Gasteiger partial charge in [0.1, 0.15) is 5.82 Å². The van der Waals surface area contributed by atoms with Crippen molar-refractivity contribution in [2.75, 3.05) is 6.61 Å². The number of rotatable bonds is 3. The van der Waals surface area contributed by atoms with Gasteiger partial charge in [-0.2, -0.15) is 0 Å². The molecule has 2 heterocycles. The normalized spacial score (nSPS) is 20.8. The molecule has 0 atom stereocenters. The molecule has 1 aromatic rings. The van der Waals surface area contributed by atoms with Gasteiger partial charge in [0.25, 0.3) is 0 Å². The van der Waals surface area contributed by atoms with Crippen molar-refractivity contribution in [3.05, 3.63) is 23.8 Å². The van der Waals surface area contributed by atoms with Crippen LogP contribution in [0, 0.1) is 5.82 Å². The van der Waals surface area contributed by atoms with Gasteiger partial charge in [0.2, 0.25) is 0 Å². The highest BCUT2D eigenvalue weighted by Gasteiger charge is 2.52. The molecule has 0 aromatic carbocycles. The van der Waals surface area contributed by atoms with E-state index in [-0.39, 0.29) is 18.5 Å². The Morgan fingerprint density at radius 1 is 1.21 bits per heavy atom. The van der Waals surface area contributed by atoms with Crippen LogP contribution in [-0.4, -0.2) is 35.0 Å². The summed E-state index contributed by atoms with van der Waals surface area (Å²) in [5, 5.41) is 8.91. The molecule has 1 aliphatic heterocycles. The molecule has 1 aromatic heterocycles. The molecule has 4 nitrogen and oxygen atoms in total. The summed E-state index contributed by atoms with van der Waals surface area (Å²) in [7, 11) is -0.767. The first-order valence-electron chi connectivity index (χ1n) is 6.37. The zero-order valence-electron chi connectivity index (χ0n) is 11.7. The number of aromatic nitrogens is 1. The minimum Gasteiger partial charge on any atom is -0.399 e. The van der Waals surface area contributed by atoms with Gasteiger partial charge < -0.3 is 14.4 Å². The number of hydrogen-bond acceptors (Lipinski definition) is 4. The maximum absolute atomic E-state index is 14.3. The zero-order chi connectivity index (χ0) is 14.3. The van der Waals surface area contributed by atoms with Crippen molar-refractivity contribution in [2.45, 2.75) is 45.3 Å². The van der Waals surface area contributed by atoms with Gasteiger partial charge in [0, 0.05) is 30.0 Å². The van der Waals surface area contributed by atoms with E-state index in [1.807, 2.05) is 27.7 Å². The van der Waals surface area contributed by atoms with Gasteiger partial charge >= 0.3 is 7.12 Å². The van der Waals surface area contributed by atoms with Gasteiger partial charge in [-0.05, 0) is 34.1 Å². The van der Waals surface area contributed by atoms with E-state index in [0.29, 0.717) is 5.56 Å². The van der Waals surface area contributed by atoms with Crippen molar-refractivity contribution >= 4 is 12.6 Å². The van der Waals surface area contributed by atoms with Crippen molar-refractivity contribution in [1.29, 1.82) is 0 Å². The third-order valence-corrected chi connectivity index (χ3v) is 3.87. The zero-order valence-corrected chi connectivity index (χ0v) is 11.7. The van der Waals surface area contributed by atoms with Crippen LogP contribution in [0.5, 0.6) is 0 Å². The van der Waals surface area contributed by atoms with Crippen LogP contribution in [-0.2, 0) is 15.7 Å². The smallest absolute Gasteiger partial charge is 0.399 e. The number of pyridine rings is 1. The molecule has 1 saturated heterocycles. The van der Waals surface area contributed by atoms with E-state index >= 15 is 0 Å². The Labute approximate surface area is 113 Å². The maximum atomic E-state index is 14.3. The fourth-order valence-corrected chi connectivity index (χ4v) is 1.94. The van der Waals surface area contributed by atoms with Gasteiger partial charge in [0.15, 0.2) is 0 Å². The van der Waals surface area contributed by atoms with E-state index in [1.54, 1.807) is 0 Å². The largest absolute Gasteiger partial charge is 0.499 e. The van der Waals surface area contributed by atoms with Crippen molar-refractivity contribution in [3.63, 3.8) is 0 Å². The lowest BCUT2D eigenvalue weighted by Crippen LogP contribution is -2.41. The first-order chi connectivity index (χ1) is 8.78. The Balaban J connectivity index is 2.32. The molecule has 0 radical (unpaired) electrons. The van der Waals surface area contributed by atoms with Gasteiger partial charge in [-0.25, -0.2) is 4.39 Å². The summed E-state index contributed by atoms with van der Waals surface area (Å²) >= 11 is 0. The molecule has 1 N–H and O–H groups in total. The lowest BCUT2D eigenvalue weighted by atomic mass is 9.79. The number of hydrogen-bond donors (Lipinski definition) is 1. The summed E-state index contributed by atoms with van der Waals surface area (Å²) < 4.78 is 25.9. The standard InChI is InChI=1S/C13H19BFNO3/c1-12(2)13(3,4)19-14(18-12)10-8-16-7-9(5-6-17)11(10)15/h7-8,17H,5-6H2,1-4H3. The number of halogens is 1. The molecule has 0 amide bonds. The van der Waals surface area contributed by atoms with Gasteiger partial charge in [-0.15, -0.1) is 0 Å². The molecule has 1 aliphatic rings. The van der Waals surface area contributed by atoms with E-state index < -0.39 is 24.1 Å². The predicted molar refractivity (Wildman–Crippen MR) is 70.7 cm³/mol. The van der Waals surface area contributed by atoms with Crippen LogP contribution in [0.3, 0.4) is 0 Å². The monoisotopic (exact) mass is 267 g/mol. The molecule has 19 heavy (non-hydrogen) atoms.